The van der Waals surface area contributed by atoms with Gasteiger partial charge in [0.2, 0.25) is 5.95 Å². The Labute approximate surface area is 446 Å². The van der Waals surface area contributed by atoms with E-state index in [4.69, 9.17) is 6.42 Å². The molecule has 72 heavy (non-hydrogen) atoms. The summed E-state index contributed by atoms with van der Waals surface area (Å²) >= 11 is 0. The largest absolute Gasteiger partial charge is 0.341 e. The number of aromatic nitrogens is 2. The number of nitrogens with zero attached hydrogens (tertiary/aromatic N) is 7. The normalized spacial score (nSPS) is 27.4. The quantitative estimate of drug-likeness (QED) is 0.252. The maximum Gasteiger partial charge on any atom is 0.225 e. The summed E-state index contributed by atoms with van der Waals surface area (Å²) in [5.41, 5.74) is 2.39. The Kier molecular flexibility index (Phi) is 22.9. The van der Waals surface area contributed by atoms with Crippen LogP contribution in [-0.4, -0.2) is 126 Å². The van der Waals surface area contributed by atoms with Gasteiger partial charge in [0.05, 0.1) is 6.54 Å². The molecule has 4 atom stereocenters. The van der Waals surface area contributed by atoms with Crippen molar-refractivity contribution in [1.82, 2.24) is 29.6 Å². The van der Waals surface area contributed by atoms with Crippen LogP contribution in [0.5, 0.6) is 0 Å². The van der Waals surface area contributed by atoms with Gasteiger partial charge < -0.3 is 14.7 Å². The maximum absolute atomic E-state index is 12.8. The number of anilines is 1. The molecular weight excluding hydrogens is 886 g/mol. The summed E-state index contributed by atoms with van der Waals surface area (Å²) in [6, 6.07) is 4.79. The first kappa shape index (κ1) is 61.1. The van der Waals surface area contributed by atoms with E-state index in [9.17, 15) is 4.39 Å². The monoisotopic (exact) mass is 1000 g/mol. The first-order valence-electron chi connectivity index (χ1n) is 30.2. The van der Waals surface area contributed by atoms with Gasteiger partial charge in [0.25, 0.3) is 0 Å². The molecule has 4 unspecified atom stereocenters. The Morgan fingerprint density at radius 2 is 0.958 bits per heavy atom. The average molecular weight is 1000 g/mol. The minimum atomic E-state index is -0.679. The van der Waals surface area contributed by atoms with E-state index in [1.807, 2.05) is 18.5 Å². The summed E-state index contributed by atoms with van der Waals surface area (Å²) in [5.74, 6) is 9.08. The molecule has 8 fully saturated rings. The van der Waals surface area contributed by atoms with Crippen LogP contribution in [0.2, 0.25) is 0 Å². The van der Waals surface area contributed by atoms with Gasteiger partial charge in [-0.3, -0.25) is 9.80 Å². The van der Waals surface area contributed by atoms with Crippen molar-refractivity contribution in [3.63, 3.8) is 0 Å². The lowest BCUT2D eigenvalue weighted by molar-refractivity contribution is 0.0492. The van der Waals surface area contributed by atoms with E-state index in [1.54, 1.807) is 6.92 Å². The van der Waals surface area contributed by atoms with Crippen LogP contribution in [0.4, 0.5) is 10.3 Å². The van der Waals surface area contributed by atoms with Crippen LogP contribution in [0.3, 0.4) is 0 Å². The van der Waals surface area contributed by atoms with Crippen LogP contribution in [0.15, 0.2) is 18.5 Å². The highest BCUT2D eigenvalue weighted by molar-refractivity contribution is 5.29. The molecule has 1 aromatic heterocycles. The van der Waals surface area contributed by atoms with Crippen molar-refractivity contribution in [1.29, 1.82) is 0 Å². The van der Waals surface area contributed by atoms with Gasteiger partial charge >= 0.3 is 0 Å². The van der Waals surface area contributed by atoms with Crippen LogP contribution in [0.25, 0.3) is 0 Å². The summed E-state index contributed by atoms with van der Waals surface area (Å²) in [4.78, 5) is 21.2. The molecule has 8 heteroatoms. The van der Waals surface area contributed by atoms with Gasteiger partial charge in [0.1, 0.15) is 6.17 Å². The fraction of sp³-hybridized carbons (Fsp3) is 0.906. The Morgan fingerprint density at radius 1 is 0.528 bits per heavy atom. The predicted octanol–water partition coefficient (Wildman–Crippen LogP) is 14.8. The second-order valence-electron chi connectivity index (χ2n) is 30.0. The number of likely N-dealkylation sites (tertiary alicyclic amines) is 3. The minimum Gasteiger partial charge on any atom is -0.341 e. The van der Waals surface area contributed by atoms with Crippen molar-refractivity contribution < 1.29 is 4.39 Å². The number of fused-ring (bicyclic) bond motifs is 2. The van der Waals surface area contributed by atoms with Crippen molar-refractivity contribution in [3.05, 3.63) is 18.5 Å². The summed E-state index contributed by atoms with van der Waals surface area (Å²) in [7, 11) is 0. The van der Waals surface area contributed by atoms with Gasteiger partial charge in [-0.25, -0.2) is 14.4 Å². The maximum atomic E-state index is 12.8. The van der Waals surface area contributed by atoms with Crippen LogP contribution in [-0.2, 0) is 0 Å². The van der Waals surface area contributed by atoms with E-state index in [2.05, 4.69) is 144 Å². The second kappa shape index (κ2) is 27.0. The van der Waals surface area contributed by atoms with Gasteiger partial charge in [-0.1, -0.05) is 110 Å². The zero-order chi connectivity index (χ0) is 53.1. The average Bonchev–Trinajstić information content (AvgIpc) is 4.26. The third-order valence-electron chi connectivity index (χ3n) is 18.9. The molecule has 7 nitrogen and oxygen atoms in total. The van der Waals surface area contributed by atoms with Crippen molar-refractivity contribution in [3.8, 4) is 12.3 Å². The molecule has 0 spiro atoms. The zero-order valence-electron chi connectivity index (χ0n) is 50.2. The highest BCUT2D eigenvalue weighted by Gasteiger charge is 2.48. The topological polar surface area (TPSA) is 42.0 Å². The minimum absolute atomic E-state index is 0.424. The van der Waals surface area contributed by atoms with E-state index < -0.39 is 6.17 Å². The number of halogens is 1. The number of alkyl halides is 1. The lowest BCUT2D eigenvalue weighted by Gasteiger charge is -2.44. The second-order valence-corrected chi connectivity index (χ2v) is 30.0. The fourth-order valence-electron chi connectivity index (χ4n) is 13.3. The standard InChI is InChI=1S/C14H25N.C13H21N3.C13H25N.C12H24FN.C12H21N/c1-14(2,3)10-8-12-6-7-13(9-10)15(12)11-4-5-11;1-13(2,3)11-5-9-16(10-6-11)12-14-7-4-8-15-12;1-13(2,3)12-5-4-8-14(10-12)9-11-6-7-11;1-10(13)9-14-7-5-11(6-8-14)12(2,3)4;1-5-8-13-9-6-11(7-10-13)12(2,3)4/h10-13H,4-9H2,1-3H3;4,7-8,11H,5-6,9-10H2,1-3H3;11-12H,4-10H2,1-3H3;10-11H,5-9H2,1-4H3;1,11H,6-10H2,2-4H3. The Morgan fingerprint density at radius 3 is 1.36 bits per heavy atom. The Balaban J connectivity index is 0.000000167. The molecule has 2 saturated carbocycles. The van der Waals surface area contributed by atoms with Gasteiger partial charge in [0.15, 0.2) is 0 Å². The molecule has 9 rings (SSSR count). The molecule has 2 bridgehead atoms. The molecule has 0 aromatic carbocycles. The van der Waals surface area contributed by atoms with Crippen molar-refractivity contribution in [2.75, 3.05) is 76.9 Å². The van der Waals surface area contributed by atoms with E-state index >= 15 is 0 Å². The molecule has 6 saturated heterocycles. The highest BCUT2D eigenvalue weighted by atomic mass is 19.1. The summed E-state index contributed by atoms with van der Waals surface area (Å²) < 4.78 is 12.8. The molecule has 0 amide bonds. The van der Waals surface area contributed by atoms with Gasteiger partial charge in [-0.2, -0.15) is 0 Å². The summed E-state index contributed by atoms with van der Waals surface area (Å²) in [5, 5.41) is 0. The Hall–Kier alpha value is -1.79. The van der Waals surface area contributed by atoms with Crippen LogP contribution >= 0.6 is 0 Å². The molecule has 2 aliphatic carbocycles. The van der Waals surface area contributed by atoms with Gasteiger partial charge in [0, 0.05) is 63.2 Å². The zero-order valence-corrected chi connectivity index (χ0v) is 50.2. The predicted molar refractivity (Wildman–Crippen MR) is 308 cm³/mol. The SMILES string of the molecule is C#CCN1CCC(C(C)(C)C)CC1.CC(C)(C)C1CC2CCC(C1)N2C1CC1.CC(C)(C)C1CCCN(CC2CC2)C1.CC(C)(C)C1CCN(c2ncccn2)CC1.CC(F)CN1CCC(C(C)(C)C)CC1. The van der Waals surface area contributed by atoms with Crippen molar-refractivity contribution >= 4 is 5.95 Å². The fourth-order valence-corrected chi connectivity index (χ4v) is 13.3. The first-order chi connectivity index (χ1) is 33.6. The molecule has 0 radical (unpaired) electrons. The summed E-state index contributed by atoms with van der Waals surface area (Å²) in [6.07, 6.45) is 30.6. The molecule has 1 aromatic rings. The van der Waals surface area contributed by atoms with Crippen LogP contribution in [0, 0.1) is 74.9 Å². The molecule has 8 aliphatic rings. The number of piperidine rings is 5. The van der Waals surface area contributed by atoms with Crippen molar-refractivity contribution in [2.45, 2.75) is 238 Å². The lowest BCUT2D eigenvalue weighted by atomic mass is 9.73. The van der Waals surface area contributed by atoms with E-state index in [0.717, 1.165) is 92.3 Å². The smallest absolute Gasteiger partial charge is 0.225 e. The highest BCUT2D eigenvalue weighted by Crippen LogP contribution is 2.49. The molecule has 7 heterocycles. The van der Waals surface area contributed by atoms with Gasteiger partial charge in [-0.15, -0.1) is 6.42 Å². The third kappa shape index (κ3) is 20.6. The number of hydrogen-bond acceptors (Lipinski definition) is 7. The van der Waals surface area contributed by atoms with Crippen molar-refractivity contribution in [2.24, 2.45) is 62.6 Å². The number of terminal acetylenes is 1. The lowest BCUT2D eigenvalue weighted by Crippen LogP contribution is -2.46. The van der Waals surface area contributed by atoms with Crippen LogP contribution in [0.1, 0.15) is 214 Å². The van der Waals surface area contributed by atoms with E-state index in [0.29, 0.717) is 33.6 Å². The van der Waals surface area contributed by atoms with Crippen LogP contribution < -0.4 is 4.90 Å². The number of hydrogen-bond donors (Lipinski definition) is 0. The third-order valence-corrected chi connectivity index (χ3v) is 18.9. The molecule has 0 N–H and O–H groups in total. The summed E-state index contributed by atoms with van der Waals surface area (Å²) in [6.45, 7) is 49.4. The first-order valence-corrected chi connectivity index (χ1v) is 30.2. The van der Waals surface area contributed by atoms with E-state index in [1.165, 1.54) is 135 Å². The number of rotatable bonds is 7. The van der Waals surface area contributed by atoms with Gasteiger partial charge in [-0.05, 0) is 211 Å². The molecule has 414 valence electrons. The molecular formula is C64H116FN7. The Bertz CT molecular complexity index is 1680. The van der Waals surface area contributed by atoms with E-state index in [-0.39, 0.29) is 0 Å². The molecule has 6 aliphatic heterocycles.